The number of hydrogen-bond acceptors (Lipinski definition) is 6. The van der Waals surface area contributed by atoms with Gasteiger partial charge >= 0.3 is 6.03 Å². The Bertz CT molecular complexity index is 1250. The van der Waals surface area contributed by atoms with E-state index in [0.717, 1.165) is 66.3 Å². The average Bonchev–Trinajstić information content (AvgIpc) is 3.46. The van der Waals surface area contributed by atoms with Crippen molar-refractivity contribution in [3.05, 3.63) is 45.2 Å². The first-order chi connectivity index (χ1) is 15.2. The number of nitrogens with zero attached hydrogens (tertiary/aromatic N) is 1. The van der Waals surface area contributed by atoms with Gasteiger partial charge in [-0.1, -0.05) is 0 Å². The summed E-state index contributed by atoms with van der Waals surface area (Å²) < 4.78 is 33.2. The van der Waals surface area contributed by atoms with Crippen molar-refractivity contribution in [1.29, 1.82) is 5.26 Å². The summed E-state index contributed by atoms with van der Waals surface area (Å²) in [6, 6.07) is 2.79. The molecule has 1 atom stereocenters. The third kappa shape index (κ3) is 3.29. The third-order valence-electron chi connectivity index (χ3n) is 6.92. The molecule has 0 saturated carbocycles. The number of aryl methyl sites for hydroxylation is 1. The summed E-state index contributed by atoms with van der Waals surface area (Å²) in [5, 5.41) is 22.6. The smallest absolute Gasteiger partial charge is 0.333 e. The number of urea groups is 1. The third-order valence-corrected chi connectivity index (χ3v) is 8.10. The number of carbonyl (C=O) groups is 1. The van der Waals surface area contributed by atoms with E-state index < -0.39 is 21.7 Å². The molecule has 9 heteroatoms. The molecule has 0 saturated heterocycles. The van der Waals surface area contributed by atoms with Gasteiger partial charge in [0.1, 0.15) is 5.76 Å². The van der Waals surface area contributed by atoms with Crippen LogP contribution in [0.2, 0.25) is 0 Å². The Morgan fingerprint density at radius 1 is 1.09 bits per heavy atom. The fourth-order valence-corrected chi connectivity index (χ4v) is 6.34. The minimum absolute atomic E-state index is 0.380. The molecule has 2 amide bonds. The largest absolute Gasteiger partial charge is 0.447 e. The first kappa shape index (κ1) is 21.0. The van der Waals surface area contributed by atoms with Gasteiger partial charge in [0.25, 0.3) is 10.0 Å². The van der Waals surface area contributed by atoms with Gasteiger partial charge in [-0.05, 0) is 80.5 Å². The number of anilines is 1. The van der Waals surface area contributed by atoms with Crippen LogP contribution in [0.5, 0.6) is 0 Å². The van der Waals surface area contributed by atoms with Crippen LogP contribution in [-0.4, -0.2) is 19.6 Å². The van der Waals surface area contributed by atoms with E-state index in [4.69, 9.17) is 4.42 Å². The van der Waals surface area contributed by atoms with Crippen molar-refractivity contribution < 1.29 is 22.7 Å². The van der Waals surface area contributed by atoms with Crippen LogP contribution in [0.1, 0.15) is 71.7 Å². The minimum Gasteiger partial charge on any atom is -0.447 e. The van der Waals surface area contributed by atoms with Crippen LogP contribution in [0.15, 0.2) is 15.6 Å². The molecule has 2 aromatic rings. The van der Waals surface area contributed by atoms with Gasteiger partial charge in [0.2, 0.25) is 5.09 Å². The van der Waals surface area contributed by atoms with Gasteiger partial charge in [0, 0.05) is 23.7 Å². The summed E-state index contributed by atoms with van der Waals surface area (Å²) in [7, 11) is -4.26. The van der Waals surface area contributed by atoms with Crippen LogP contribution in [0.25, 0.3) is 0 Å². The summed E-state index contributed by atoms with van der Waals surface area (Å²) >= 11 is 0. The highest BCUT2D eigenvalue weighted by Crippen LogP contribution is 2.42. The zero-order valence-corrected chi connectivity index (χ0v) is 18.7. The summed E-state index contributed by atoms with van der Waals surface area (Å²) in [6.45, 7) is 1.63. The lowest BCUT2D eigenvalue weighted by atomic mass is 9.85. The minimum atomic E-state index is -4.26. The molecule has 8 nitrogen and oxygen atoms in total. The lowest BCUT2D eigenvalue weighted by Gasteiger charge is -2.26. The molecule has 1 aromatic heterocycles. The molecule has 0 fully saturated rings. The van der Waals surface area contributed by atoms with E-state index in [0.29, 0.717) is 36.3 Å². The Balaban J connectivity index is 1.43. The van der Waals surface area contributed by atoms with Crippen LogP contribution in [0, 0.1) is 11.3 Å². The van der Waals surface area contributed by atoms with E-state index in [1.54, 1.807) is 6.92 Å². The number of amides is 2. The Kier molecular flexibility index (Phi) is 4.84. The first-order valence-corrected chi connectivity index (χ1v) is 12.5. The second-order valence-electron chi connectivity index (χ2n) is 9.07. The van der Waals surface area contributed by atoms with Crippen LogP contribution < -0.4 is 10.0 Å². The van der Waals surface area contributed by atoms with E-state index in [-0.39, 0.29) is 5.09 Å². The zero-order chi connectivity index (χ0) is 22.7. The van der Waals surface area contributed by atoms with Crippen LogP contribution in [0.4, 0.5) is 10.5 Å². The number of fused-ring (bicyclic) bond motifs is 3. The maximum Gasteiger partial charge on any atom is 0.333 e. The summed E-state index contributed by atoms with van der Waals surface area (Å²) in [5.74, 6) is 0.435. The van der Waals surface area contributed by atoms with E-state index in [2.05, 4.69) is 16.1 Å². The van der Waals surface area contributed by atoms with Gasteiger partial charge < -0.3 is 14.8 Å². The van der Waals surface area contributed by atoms with Gasteiger partial charge in [-0.2, -0.15) is 13.7 Å². The molecule has 3 N–H and O–H groups in total. The molecule has 1 unspecified atom stereocenters. The second kappa shape index (κ2) is 7.36. The molecule has 0 radical (unpaired) electrons. The van der Waals surface area contributed by atoms with E-state index in [1.165, 1.54) is 6.07 Å². The number of hydrogen-bond donors (Lipinski definition) is 3. The van der Waals surface area contributed by atoms with Gasteiger partial charge in [-0.3, -0.25) is 0 Å². The summed E-state index contributed by atoms with van der Waals surface area (Å²) in [5.41, 5.74) is 4.52. The van der Waals surface area contributed by atoms with Gasteiger partial charge in [0.05, 0.1) is 17.2 Å². The van der Waals surface area contributed by atoms with E-state index in [9.17, 15) is 23.6 Å². The fourth-order valence-electron chi connectivity index (χ4n) is 5.46. The molecular formula is C23H25N3O5S. The molecule has 0 bridgehead atoms. The standard InChI is InChI=1S/C23H25N3O5S/c1-23(28)10-4-9-19-18(23)11-20(31-19)32(29,30)26-22(27)25-21-15-7-2-5-13(15)17(12-24)14-6-3-8-16(14)21/h11,28H,2-10H2,1H3,(H2,25,26,27). The Hall–Kier alpha value is -2.83. The average molecular weight is 456 g/mol. The number of nitriles is 1. The van der Waals surface area contributed by atoms with Gasteiger partial charge in [-0.25, -0.2) is 9.52 Å². The molecule has 5 rings (SSSR count). The first-order valence-electron chi connectivity index (χ1n) is 11.0. The Morgan fingerprint density at radius 2 is 1.72 bits per heavy atom. The number of furan rings is 1. The Labute approximate surface area is 186 Å². The van der Waals surface area contributed by atoms with Crippen LogP contribution in [0.3, 0.4) is 0 Å². The molecule has 32 heavy (non-hydrogen) atoms. The molecule has 168 valence electrons. The molecular weight excluding hydrogens is 430 g/mol. The quantitative estimate of drug-likeness (QED) is 0.651. The van der Waals surface area contributed by atoms with Crippen LogP contribution >= 0.6 is 0 Å². The Morgan fingerprint density at radius 3 is 2.31 bits per heavy atom. The molecule has 3 aliphatic rings. The fraction of sp³-hybridized carbons (Fsp3) is 0.478. The number of benzene rings is 1. The van der Waals surface area contributed by atoms with E-state index >= 15 is 0 Å². The lowest BCUT2D eigenvalue weighted by molar-refractivity contribution is 0.0362. The number of nitrogens with one attached hydrogen (secondary N) is 2. The van der Waals surface area contributed by atoms with Crippen molar-refractivity contribution >= 4 is 21.7 Å². The topological polar surface area (TPSA) is 132 Å². The van der Waals surface area contributed by atoms with Crippen LogP contribution in [-0.2, 0) is 47.7 Å². The van der Waals surface area contributed by atoms with Gasteiger partial charge in [-0.15, -0.1) is 0 Å². The lowest BCUT2D eigenvalue weighted by Crippen LogP contribution is -2.34. The van der Waals surface area contributed by atoms with Crippen molar-refractivity contribution in [1.82, 2.24) is 4.72 Å². The summed E-state index contributed by atoms with van der Waals surface area (Å²) in [4.78, 5) is 12.8. The highest BCUT2D eigenvalue weighted by Gasteiger charge is 2.36. The predicted molar refractivity (Wildman–Crippen MR) is 116 cm³/mol. The molecule has 3 aliphatic carbocycles. The van der Waals surface area contributed by atoms with E-state index in [1.807, 2.05) is 0 Å². The summed E-state index contributed by atoms with van der Waals surface area (Å²) in [6.07, 6.45) is 6.63. The van der Waals surface area contributed by atoms with Crippen molar-refractivity contribution in [3.63, 3.8) is 0 Å². The molecule has 0 spiro atoms. The maximum absolute atomic E-state index is 12.8. The predicted octanol–water partition coefficient (Wildman–Crippen LogP) is 3.18. The van der Waals surface area contributed by atoms with Crippen molar-refractivity contribution in [3.8, 4) is 6.07 Å². The normalized spacial score (nSPS) is 21.4. The maximum atomic E-state index is 12.8. The number of rotatable bonds is 3. The highest BCUT2D eigenvalue weighted by atomic mass is 32.2. The molecule has 1 aromatic carbocycles. The second-order valence-corrected chi connectivity index (χ2v) is 10.7. The van der Waals surface area contributed by atoms with Crippen molar-refractivity contribution in [2.24, 2.45) is 0 Å². The zero-order valence-electron chi connectivity index (χ0n) is 17.9. The molecule has 0 aliphatic heterocycles. The number of sulfonamides is 1. The molecule has 1 heterocycles. The SMILES string of the molecule is CC1(O)CCCc2oc(S(=O)(=O)NC(=O)Nc3c4c(c(C#N)c5c3CCC5)CCC4)cc21. The number of aliphatic hydroxyl groups is 1. The van der Waals surface area contributed by atoms with Crippen molar-refractivity contribution in [2.75, 3.05) is 5.32 Å². The number of carbonyl (C=O) groups excluding carboxylic acids is 1. The monoisotopic (exact) mass is 455 g/mol. The highest BCUT2D eigenvalue weighted by molar-refractivity contribution is 7.89. The van der Waals surface area contributed by atoms with Gasteiger partial charge in [0.15, 0.2) is 0 Å². The van der Waals surface area contributed by atoms with Crippen molar-refractivity contribution in [2.45, 2.75) is 75.4 Å².